The molecule has 112 valence electrons. The van der Waals surface area contributed by atoms with Crippen LogP contribution in [0.1, 0.15) is 46.8 Å². The maximum Gasteiger partial charge on any atom is 0.0936 e. The predicted octanol–water partition coefficient (Wildman–Crippen LogP) is 4.87. The van der Waals surface area contributed by atoms with Crippen LogP contribution in [0.15, 0.2) is 48.5 Å². The maximum atomic E-state index is 3.37. The van der Waals surface area contributed by atoms with E-state index in [4.69, 9.17) is 0 Å². The van der Waals surface area contributed by atoms with Gasteiger partial charge >= 0.3 is 0 Å². The normalized spacial score (nSPS) is 20.8. The molecule has 0 bridgehead atoms. The zero-order valence-electron chi connectivity index (χ0n) is 13.2. The molecule has 0 saturated carbocycles. The standard InChI is InChI=1S/C16H18N2S.C2H6/c1-11-3-7-13(8-4-11)15-17-18-16(19-15)14-9-5-12(2)6-10-14;1-2/h3-10,15-18H,1-2H3;1-2H3. The average molecular weight is 300 g/mol. The lowest BCUT2D eigenvalue weighted by Gasteiger charge is -2.10. The molecule has 2 atom stereocenters. The highest BCUT2D eigenvalue weighted by molar-refractivity contribution is 7.99. The van der Waals surface area contributed by atoms with Gasteiger partial charge in [0.15, 0.2) is 0 Å². The second kappa shape index (κ2) is 7.64. The highest BCUT2D eigenvalue weighted by Crippen LogP contribution is 2.40. The molecule has 0 radical (unpaired) electrons. The zero-order valence-corrected chi connectivity index (χ0v) is 14.0. The molecule has 2 aromatic rings. The molecule has 0 aromatic heterocycles. The van der Waals surface area contributed by atoms with E-state index in [9.17, 15) is 0 Å². The van der Waals surface area contributed by atoms with Crippen LogP contribution in [0.3, 0.4) is 0 Å². The van der Waals surface area contributed by atoms with E-state index in [2.05, 4.69) is 73.2 Å². The van der Waals surface area contributed by atoms with E-state index in [0.717, 1.165) is 0 Å². The van der Waals surface area contributed by atoms with Crippen molar-refractivity contribution >= 4 is 11.8 Å². The molecule has 0 amide bonds. The summed E-state index contributed by atoms with van der Waals surface area (Å²) < 4.78 is 0. The molecule has 1 saturated heterocycles. The van der Waals surface area contributed by atoms with Gasteiger partial charge in [-0.15, -0.1) is 11.8 Å². The van der Waals surface area contributed by atoms with Crippen molar-refractivity contribution in [3.05, 3.63) is 70.8 Å². The van der Waals surface area contributed by atoms with Gasteiger partial charge in [0.1, 0.15) is 0 Å². The highest BCUT2D eigenvalue weighted by Gasteiger charge is 2.26. The molecule has 2 N–H and O–H groups in total. The molecule has 2 aromatic carbocycles. The Kier molecular flexibility index (Phi) is 5.85. The van der Waals surface area contributed by atoms with Gasteiger partial charge in [0.25, 0.3) is 0 Å². The fourth-order valence-corrected chi connectivity index (χ4v) is 3.33. The fourth-order valence-electron chi connectivity index (χ4n) is 2.16. The summed E-state index contributed by atoms with van der Waals surface area (Å²) >= 11 is 1.91. The van der Waals surface area contributed by atoms with Gasteiger partial charge in [0, 0.05) is 0 Å². The highest BCUT2D eigenvalue weighted by atomic mass is 32.2. The minimum atomic E-state index is 0.312. The molecule has 1 fully saturated rings. The van der Waals surface area contributed by atoms with Gasteiger partial charge in [-0.2, -0.15) is 0 Å². The number of hydrogen-bond acceptors (Lipinski definition) is 3. The summed E-state index contributed by atoms with van der Waals surface area (Å²) in [4.78, 5) is 0. The molecule has 21 heavy (non-hydrogen) atoms. The third-order valence-corrected chi connectivity index (χ3v) is 4.70. The lowest BCUT2D eigenvalue weighted by atomic mass is 10.1. The summed E-state index contributed by atoms with van der Waals surface area (Å²) in [5, 5.41) is 0.624. The zero-order chi connectivity index (χ0) is 15.2. The van der Waals surface area contributed by atoms with Crippen LogP contribution >= 0.6 is 11.8 Å². The molecule has 1 aliphatic heterocycles. The van der Waals surface area contributed by atoms with Crippen LogP contribution in [0.25, 0.3) is 0 Å². The van der Waals surface area contributed by atoms with Crippen molar-refractivity contribution < 1.29 is 0 Å². The van der Waals surface area contributed by atoms with Gasteiger partial charge in [-0.25, -0.2) is 10.9 Å². The summed E-state index contributed by atoms with van der Waals surface area (Å²) in [6, 6.07) is 17.4. The average Bonchev–Trinajstić information content (AvgIpc) is 3.01. The van der Waals surface area contributed by atoms with Crippen LogP contribution in [0.5, 0.6) is 0 Å². The first-order valence-electron chi connectivity index (χ1n) is 7.52. The summed E-state index contributed by atoms with van der Waals surface area (Å²) in [5.74, 6) is 0. The van der Waals surface area contributed by atoms with Crippen LogP contribution in [-0.4, -0.2) is 0 Å². The van der Waals surface area contributed by atoms with Crippen molar-refractivity contribution in [2.75, 3.05) is 0 Å². The van der Waals surface area contributed by atoms with E-state index in [0.29, 0.717) is 10.7 Å². The predicted molar refractivity (Wildman–Crippen MR) is 93.1 cm³/mol. The Morgan fingerprint density at radius 3 is 1.33 bits per heavy atom. The SMILES string of the molecule is CC.Cc1ccc(C2NNC(c3ccc(C)cc3)S2)cc1. The number of benzene rings is 2. The van der Waals surface area contributed by atoms with Crippen molar-refractivity contribution in [3.63, 3.8) is 0 Å². The van der Waals surface area contributed by atoms with E-state index in [1.807, 2.05) is 25.6 Å². The van der Waals surface area contributed by atoms with Crippen molar-refractivity contribution in [2.24, 2.45) is 0 Å². The lowest BCUT2D eigenvalue weighted by Crippen LogP contribution is -2.26. The molecule has 1 aliphatic rings. The first-order valence-corrected chi connectivity index (χ1v) is 8.46. The van der Waals surface area contributed by atoms with Gasteiger partial charge in [0.05, 0.1) is 10.7 Å². The first kappa shape index (κ1) is 16.1. The first-order chi connectivity index (χ1) is 10.2. The van der Waals surface area contributed by atoms with Gasteiger partial charge in [0.2, 0.25) is 0 Å². The second-order valence-electron chi connectivity index (χ2n) is 5.01. The van der Waals surface area contributed by atoms with Crippen molar-refractivity contribution in [1.29, 1.82) is 0 Å². The molecular formula is C18H24N2S. The Balaban J connectivity index is 0.000000774. The van der Waals surface area contributed by atoms with E-state index in [1.54, 1.807) is 0 Å². The number of rotatable bonds is 2. The van der Waals surface area contributed by atoms with Gasteiger partial charge in [-0.3, -0.25) is 0 Å². The smallest absolute Gasteiger partial charge is 0.0936 e. The number of aryl methyl sites for hydroxylation is 2. The second-order valence-corrected chi connectivity index (χ2v) is 6.22. The number of hydrazine groups is 1. The Bertz CT molecular complexity index is 497. The molecular weight excluding hydrogens is 276 g/mol. The summed E-state index contributed by atoms with van der Waals surface area (Å²) in [6.07, 6.45) is 0. The van der Waals surface area contributed by atoms with Gasteiger partial charge in [-0.05, 0) is 25.0 Å². The van der Waals surface area contributed by atoms with Crippen LogP contribution < -0.4 is 10.9 Å². The molecule has 3 rings (SSSR count). The van der Waals surface area contributed by atoms with Crippen molar-refractivity contribution in [1.82, 2.24) is 10.9 Å². The fraction of sp³-hybridized carbons (Fsp3) is 0.333. The minimum Gasteiger partial charge on any atom is -0.239 e. The Morgan fingerprint density at radius 1 is 0.667 bits per heavy atom. The quantitative estimate of drug-likeness (QED) is 0.827. The molecule has 0 aliphatic carbocycles. The third-order valence-electron chi connectivity index (χ3n) is 3.38. The van der Waals surface area contributed by atoms with Crippen LogP contribution in [0.4, 0.5) is 0 Å². The summed E-state index contributed by atoms with van der Waals surface area (Å²) in [5.41, 5.74) is 12.0. The Hall–Kier alpha value is -1.29. The van der Waals surface area contributed by atoms with E-state index in [1.165, 1.54) is 22.3 Å². The summed E-state index contributed by atoms with van der Waals surface area (Å²) in [6.45, 7) is 8.23. The Morgan fingerprint density at radius 2 is 1.00 bits per heavy atom. The molecule has 0 spiro atoms. The number of nitrogens with one attached hydrogen (secondary N) is 2. The molecule has 3 heteroatoms. The van der Waals surface area contributed by atoms with Crippen LogP contribution in [-0.2, 0) is 0 Å². The van der Waals surface area contributed by atoms with E-state index >= 15 is 0 Å². The number of thioether (sulfide) groups is 1. The largest absolute Gasteiger partial charge is 0.239 e. The third kappa shape index (κ3) is 4.10. The lowest BCUT2D eigenvalue weighted by molar-refractivity contribution is 0.555. The monoisotopic (exact) mass is 300 g/mol. The van der Waals surface area contributed by atoms with Crippen LogP contribution in [0.2, 0.25) is 0 Å². The van der Waals surface area contributed by atoms with E-state index in [-0.39, 0.29) is 0 Å². The Labute approximate surface area is 132 Å². The van der Waals surface area contributed by atoms with Crippen molar-refractivity contribution in [3.8, 4) is 0 Å². The summed E-state index contributed by atoms with van der Waals surface area (Å²) in [7, 11) is 0. The maximum absolute atomic E-state index is 3.37. The molecule has 2 nitrogen and oxygen atoms in total. The number of hydrogen-bond donors (Lipinski definition) is 2. The minimum absolute atomic E-state index is 0.312. The molecule has 2 unspecified atom stereocenters. The van der Waals surface area contributed by atoms with E-state index < -0.39 is 0 Å². The van der Waals surface area contributed by atoms with Gasteiger partial charge < -0.3 is 0 Å². The van der Waals surface area contributed by atoms with Crippen molar-refractivity contribution in [2.45, 2.75) is 38.4 Å². The topological polar surface area (TPSA) is 24.1 Å². The van der Waals surface area contributed by atoms with Gasteiger partial charge in [-0.1, -0.05) is 73.5 Å². The van der Waals surface area contributed by atoms with Crippen LogP contribution in [0, 0.1) is 13.8 Å². The molecule has 1 heterocycles.